The highest BCUT2D eigenvalue weighted by atomic mass is 16.3. The average Bonchev–Trinajstić information content (AvgIpc) is 2.91. The van der Waals surface area contributed by atoms with Crippen LogP contribution in [-0.2, 0) is 11.4 Å². The molecular formula is C27H33N5O2. The number of hydrogen-bond acceptors (Lipinski definition) is 7. The molecule has 1 saturated heterocycles. The van der Waals surface area contributed by atoms with Crippen molar-refractivity contribution in [2.24, 2.45) is 4.99 Å². The number of piperazine rings is 1. The van der Waals surface area contributed by atoms with Crippen molar-refractivity contribution in [2.45, 2.75) is 6.61 Å². The SMILES string of the molecule is C=C/C(=C1/N=C(C=O)C=CN1C)c1ccc(CO)cc1.CNc1ccc(N2CCNCC2)cc1. The summed E-state index contributed by atoms with van der Waals surface area (Å²) in [4.78, 5) is 19.4. The van der Waals surface area contributed by atoms with Gasteiger partial charge in [-0.25, -0.2) is 4.99 Å². The highest BCUT2D eigenvalue weighted by Crippen LogP contribution is 2.25. The number of allylic oxidation sites excluding steroid dienone is 3. The van der Waals surface area contributed by atoms with E-state index in [0.717, 1.165) is 49.2 Å². The number of aliphatic hydroxyl groups excluding tert-OH is 1. The molecule has 0 aromatic heterocycles. The molecule has 2 heterocycles. The minimum atomic E-state index is 0.0103. The first-order valence-corrected chi connectivity index (χ1v) is 11.3. The summed E-state index contributed by atoms with van der Waals surface area (Å²) in [5.41, 5.74) is 5.49. The zero-order valence-electron chi connectivity index (χ0n) is 19.9. The molecule has 0 bridgehead atoms. The normalized spacial score (nSPS) is 16.7. The zero-order chi connectivity index (χ0) is 24.3. The summed E-state index contributed by atoms with van der Waals surface area (Å²) in [5, 5.41) is 15.6. The molecular weight excluding hydrogens is 426 g/mol. The van der Waals surface area contributed by atoms with E-state index in [4.69, 9.17) is 5.11 Å². The lowest BCUT2D eigenvalue weighted by Crippen LogP contribution is -2.43. The number of aliphatic hydroxyl groups is 1. The van der Waals surface area contributed by atoms with Gasteiger partial charge in [0.15, 0.2) is 6.29 Å². The lowest BCUT2D eigenvalue weighted by Gasteiger charge is -2.29. The van der Waals surface area contributed by atoms with Crippen LogP contribution in [0.25, 0.3) is 5.57 Å². The molecule has 2 aromatic carbocycles. The number of nitrogens with zero attached hydrogens (tertiary/aromatic N) is 3. The molecule has 0 amide bonds. The third-order valence-electron chi connectivity index (χ3n) is 5.69. The Morgan fingerprint density at radius 3 is 2.38 bits per heavy atom. The zero-order valence-corrected chi connectivity index (χ0v) is 19.9. The van der Waals surface area contributed by atoms with E-state index in [1.807, 2.05) is 43.3 Å². The molecule has 7 nitrogen and oxygen atoms in total. The number of aldehydes is 1. The Morgan fingerprint density at radius 1 is 1.15 bits per heavy atom. The summed E-state index contributed by atoms with van der Waals surface area (Å²) in [6.45, 7) is 8.24. The number of rotatable bonds is 6. The molecule has 34 heavy (non-hydrogen) atoms. The fourth-order valence-electron chi connectivity index (χ4n) is 3.70. The number of hydrogen-bond donors (Lipinski definition) is 3. The van der Waals surface area contributed by atoms with E-state index < -0.39 is 0 Å². The molecule has 0 atom stereocenters. The van der Waals surface area contributed by atoms with Crippen LogP contribution in [-0.4, -0.2) is 62.3 Å². The van der Waals surface area contributed by atoms with Crippen LogP contribution in [0.2, 0.25) is 0 Å². The third kappa shape index (κ3) is 6.43. The van der Waals surface area contributed by atoms with E-state index in [1.165, 1.54) is 11.4 Å². The molecule has 2 aliphatic heterocycles. The maximum atomic E-state index is 10.9. The van der Waals surface area contributed by atoms with Gasteiger partial charge in [0, 0.05) is 63.4 Å². The first-order valence-electron chi connectivity index (χ1n) is 11.3. The monoisotopic (exact) mass is 459 g/mol. The fourth-order valence-corrected chi connectivity index (χ4v) is 3.70. The van der Waals surface area contributed by atoms with Crippen molar-refractivity contribution in [1.82, 2.24) is 10.2 Å². The predicted molar refractivity (Wildman–Crippen MR) is 141 cm³/mol. The molecule has 7 heteroatoms. The Bertz CT molecular complexity index is 1050. The average molecular weight is 460 g/mol. The van der Waals surface area contributed by atoms with Crippen LogP contribution < -0.4 is 15.5 Å². The van der Waals surface area contributed by atoms with E-state index in [-0.39, 0.29) is 6.61 Å². The molecule has 4 rings (SSSR count). The Labute approximate surface area is 201 Å². The minimum Gasteiger partial charge on any atom is -0.392 e. The third-order valence-corrected chi connectivity index (χ3v) is 5.69. The molecule has 178 valence electrons. The summed E-state index contributed by atoms with van der Waals surface area (Å²) in [5.74, 6) is 0.668. The standard InChI is InChI=1S/C16H16N2O2.C11H17N3/c1-3-15(13-6-4-12(10-19)5-7-13)16-17-14(11-20)8-9-18(16)2;1-12-10-2-4-11(5-3-10)14-8-6-13-7-9-14/h3-9,11,19H,1,10H2,2H3;2-5,12-13H,6-9H2,1H3/b16-15+;. The second-order valence-electron chi connectivity index (χ2n) is 7.91. The van der Waals surface area contributed by atoms with Crippen LogP contribution in [0.3, 0.4) is 0 Å². The quantitative estimate of drug-likeness (QED) is 0.576. The molecule has 1 fully saturated rings. The van der Waals surface area contributed by atoms with Gasteiger partial charge in [-0.15, -0.1) is 0 Å². The summed E-state index contributed by atoms with van der Waals surface area (Å²) in [6, 6.07) is 16.1. The van der Waals surface area contributed by atoms with E-state index >= 15 is 0 Å². The Morgan fingerprint density at radius 2 is 1.82 bits per heavy atom. The van der Waals surface area contributed by atoms with E-state index in [2.05, 4.69) is 51.4 Å². The van der Waals surface area contributed by atoms with E-state index in [1.54, 1.807) is 18.4 Å². The smallest absolute Gasteiger partial charge is 0.168 e. The van der Waals surface area contributed by atoms with E-state index in [9.17, 15) is 4.79 Å². The van der Waals surface area contributed by atoms with Gasteiger partial charge in [0.05, 0.1) is 6.61 Å². The van der Waals surface area contributed by atoms with Crippen LogP contribution in [0.1, 0.15) is 11.1 Å². The second kappa shape index (κ2) is 12.5. The summed E-state index contributed by atoms with van der Waals surface area (Å²) < 4.78 is 0. The van der Waals surface area contributed by atoms with Crippen molar-refractivity contribution < 1.29 is 9.90 Å². The van der Waals surface area contributed by atoms with Crippen molar-refractivity contribution in [3.63, 3.8) is 0 Å². The number of aliphatic imine (C=N–C) groups is 1. The first-order chi connectivity index (χ1) is 16.6. The summed E-state index contributed by atoms with van der Waals surface area (Å²) >= 11 is 0. The van der Waals surface area contributed by atoms with Crippen LogP contribution >= 0.6 is 0 Å². The van der Waals surface area contributed by atoms with Gasteiger partial charge in [-0.05, 0) is 41.5 Å². The van der Waals surface area contributed by atoms with Gasteiger partial charge < -0.3 is 25.5 Å². The fraction of sp³-hybridized carbons (Fsp3) is 0.259. The van der Waals surface area contributed by atoms with Crippen LogP contribution in [0.15, 0.2) is 84.3 Å². The van der Waals surface area contributed by atoms with Crippen molar-refractivity contribution in [3.8, 4) is 0 Å². The van der Waals surface area contributed by atoms with Gasteiger partial charge in [-0.1, -0.05) is 36.9 Å². The van der Waals surface area contributed by atoms with Gasteiger partial charge >= 0.3 is 0 Å². The van der Waals surface area contributed by atoms with Gasteiger partial charge in [-0.3, -0.25) is 4.79 Å². The van der Waals surface area contributed by atoms with Crippen molar-refractivity contribution >= 4 is 28.9 Å². The van der Waals surface area contributed by atoms with Crippen LogP contribution in [0.4, 0.5) is 11.4 Å². The predicted octanol–water partition coefficient (Wildman–Crippen LogP) is 3.27. The lowest BCUT2D eigenvalue weighted by atomic mass is 10.0. The van der Waals surface area contributed by atoms with Crippen molar-refractivity contribution in [2.75, 3.05) is 50.5 Å². The molecule has 0 radical (unpaired) electrons. The van der Waals surface area contributed by atoms with Gasteiger partial charge in [0.25, 0.3) is 0 Å². The van der Waals surface area contributed by atoms with Gasteiger partial charge in [-0.2, -0.15) is 0 Å². The number of benzene rings is 2. The number of nitrogens with one attached hydrogen (secondary N) is 2. The van der Waals surface area contributed by atoms with Crippen molar-refractivity contribution in [1.29, 1.82) is 0 Å². The van der Waals surface area contributed by atoms with Crippen LogP contribution in [0.5, 0.6) is 0 Å². The summed E-state index contributed by atoms with van der Waals surface area (Å²) in [6.07, 6.45) is 5.88. The highest BCUT2D eigenvalue weighted by Gasteiger charge is 2.13. The topological polar surface area (TPSA) is 80.2 Å². The number of carbonyl (C=O) groups is 1. The maximum absolute atomic E-state index is 10.9. The molecule has 0 aliphatic carbocycles. The number of anilines is 2. The molecule has 0 saturated carbocycles. The van der Waals surface area contributed by atoms with Crippen LogP contribution in [0, 0.1) is 0 Å². The minimum absolute atomic E-state index is 0.0103. The van der Waals surface area contributed by atoms with Crippen molar-refractivity contribution in [3.05, 3.63) is 90.4 Å². The second-order valence-corrected chi connectivity index (χ2v) is 7.91. The molecule has 2 aliphatic rings. The Hall–Kier alpha value is -3.68. The maximum Gasteiger partial charge on any atom is 0.168 e. The molecule has 3 N–H and O–H groups in total. The largest absolute Gasteiger partial charge is 0.392 e. The first kappa shape index (κ1) is 25.0. The Kier molecular flexibility index (Phi) is 9.20. The molecule has 2 aromatic rings. The summed E-state index contributed by atoms with van der Waals surface area (Å²) in [7, 11) is 3.81. The lowest BCUT2D eigenvalue weighted by molar-refractivity contribution is -0.102. The van der Waals surface area contributed by atoms with Gasteiger partial charge in [0.2, 0.25) is 0 Å². The highest BCUT2D eigenvalue weighted by molar-refractivity contribution is 6.34. The van der Waals surface area contributed by atoms with Gasteiger partial charge in [0.1, 0.15) is 11.5 Å². The molecule has 0 spiro atoms. The number of carbonyl (C=O) groups excluding carboxylic acids is 1. The molecule has 0 unspecified atom stereocenters. The van der Waals surface area contributed by atoms with E-state index in [0.29, 0.717) is 11.5 Å². The Balaban J connectivity index is 0.000000202.